The van der Waals surface area contributed by atoms with E-state index in [0.717, 1.165) is 0 Å². The average Bonchev–Trinajstić information content (AvgIpc) is 2.90. The number of rotatable bonds is 1. The summed E-state index contributed by atoms with van der Waals surface area (Å²) in [5.74, 6) is 0. The molecule has 0 bridgehead atoms. The number of anilines is 1. The van der Waals surface area contributed by atoms with Crippen LogP contribution < -0.4 is 4.90 Å². The normalized spacial score (nSPS) is 26.0. The summed E-state index contributed by atoms with van der Waals surface area (Å²) in [4.78, 5) is 2.65. The Hall–Kier alpha value is -1.24. The number of benzene rings is 1. The van der Waals surface area contributed by atoms with Crippen LogP contribution in [0, 0.1) is 6.92 Å². The molecule has 1 aromatic carbocycles. The van der Waals surface area contributed by atoms with E-state index in [2.05, 4.69) is 55.2 Å². The van der Waals surface area contributed by atoms with Gasteiger partial charge in [0.05, 0.1) is 5.54 Å². The van der Waals surface area contributed by atoms with Gasteiger partial charge in [-0.05, 0) is 38.3 Å². The van der Waals surface area contributed by atoms with E-state index in [-0.39, 0.29) is 0 Å². The third kappa shape index (κ3) is 1.60. The molecule has 1 aliphatic carbocycles. The first-order valence-electron chi connectivity index (χ1n) is 6.77. The van der Waals surface area contributed by atoms with Crippen LogP contribution in [0.25, 0.3) is 0 Å². The zero-order chi connectivity index (χ0) is 11.9. The summed E-state index contributed by atoms with van der Waals surface area (Å²) in [5.41, 5.74) is 3.15. The second-order valence-corrected chi connectivity index (χ2v) is 5.57. The highest BCUT2D eigenvalue weighted by atomic mass is 15.2. The molecule has 2 aliphatic rings. The molecule has 1 aliphatic heterocycles. The van der Waals surface area contributed by atoms with Gasteiger partial charge in [-0.3, -0.25) is 0 Å². The fourth-order valence-corrected chi connectivity index (χ4v) is 3.58. The lowest BCUT2D eigenvalue weighted by Crippen LogP contribution is -2.45. The van der Waals surface area contributed by atoms with Crippen LogP contribution in [0.4, 0.5) is 5.69 Å². The fourth-order valence-electron chi connectivity index (χ4n) is 3.58. The maximum atomic E-state index is 2.65. The quantitative estimate of drug-likeness (QED) is 0.654. The largest absolute Gasteiger partial charge is 0.356 e. The van der Waals surface area contributed by atoms with E-state index < -0.39 is 0 Å². The van der Waals surface area contributed by atoms with Crippen LogP contribution in [-0.4, -0.2) is 11.6 Å². The molecule has 0 N–H and O–H groups in total. The number of hydrogen-bond donors (Lipinski definition) is 0. The summed E-state index contributed by atoms with van der Waals surface area (Å²) < 4.78 is 0. The summed E-state index contributed by atoms with van der Waals surface area (Å²) >= 11 is 0. The molecule has 1 fully saturated rings. The Kier molecular flexibility index (Phi) is 2.50. The van der Waals surface area contributed by atoms with Gasteiger partial charge in [0.25, 0.3) is 0 Å². The molecule has 17 heavy (non-hydrogen) atoms. The Morgan fingerprint density at radius 2 is 1.88 bits per heavy atom. The van der Waals surface area contributed by atoms with Gasteiger partial charge in [-0.2, -0.15) is 0 Å². The minimum absolute atomic E-state index is 0.325. The van der Waals surface area contributed by atoms with Crippen molar-refractivity contribution < 1.29 is 0 Å². The first-order chi connectivity index (χ1) is 8.23. The molecule has 0 radical (unpaired) electrons. The van der Waals surface area contributed by atoms with E-state index in [1.54, 1.807) is 0 Å². The summed E-state index contributed by atoms with van der Waals surface area (Å²) in [5, 5.41) is 0. The predicted molar refractivity (Wildman–Crippen MR) is 73.5 cm³/mol. The molecule has 0 saturated heterocycles. The molecule has 1 spiro atoms. The second-order valence-electron chi connectivity index (χ2n) is 5.57. The van der Waals surface area contributed by atoms with Crippen LogP contribution in [0.3, 0.4) is 0 Å². The second kappa shape index (κ2) is 3.90. The zero-order valence-electron chi connectivity index (χ0n) is 10.8. The monoisotopic (exact) mass is 227 g/mol. The van der Waals surface area contributed by atoms with Crippen molar-refractivity contribution in [2.45, 2.75) is 51.1 Å². The van der Waals surface area contributed by atoms with Crippen molar-refractivity contribution in [3.05, 3.63) is 42.0 Å². The molecule has 0 aromatic heterocycles. The Morgan fingerprint density at radius 1 is 1.18 bits per heavy atom. The first kappa shape index (κ1) is 10.9. The fraction of sp³-hybridized carbons (Fsp3) is 0.500. The van der Waals surface area contributed by atoms with E-state index in [1.807, 2.05) is 0 Å². The van der Waals surface area contributed by atoms with Crippen molar-refractivity contribution in [2.24, 2.45) is 0 Å². The van der Waals surface area contributed by atoms with Gasteiger partial charge >= 0.3 is 0 Å². The third-order valence-corrected chi connectivity index (χ3v) is 4.42. The predicted octanol–water partition coefficient (Wildman–Crippen LogP) is 4.07. The van der Waals surface area contributed by atoms with Gasteiger partial charge in [-0.25, -0.2) is 0 Å². The minimum atomic E-state index is 0.325. The van der Waals surface area contributed by atoms with Crippen molar-refractivity contribution in [1.82, 2.24) is 0 Å². The van der Waals surface area contributed by atoms with Crippen molar-refractivity contribution >= 4 is 5.69 Å². The van der Waals surface area contributed by atoms with Crippen LogP contribution in [0.1, 0.15) is 38.2 Å². The number of para-hydroxylation sites is 1. The number of aryl methyl sites for hydroxylation is 1. The van der Waals surface area contributed by atoms with Crippen LogP contribution in [-0.2, 0) is 0 Å². The van der Waals surface area contributed by atoms with E-state index in [4.69, 9.17) is 0 Å². The molecule has 1 heteroatoms. The number of nitrogens with zero attached hydrogens (tertiary/aromatic N) is 1. The standard InChI is InChI=1S/C16H21N/c1-13-7-3-4-8-15(13)17-14(2)9-12-16(17)10-5-6-11-16/h3-4,7-9,12,14H,5-6,10-11H2,1-2H3. The lowest BCUT2D eigenvalue weighted by molar-refractivity contribution is 0.493. The Bertz CT molecular complexity index is 441. The van der Waals surface area contributed by atoms with Gasteiger partial charge in [0.15, 0.2) is 0 Å². The molecule has 1 nitrogen and oxygen atoms in total. The molecular weight excluding hydrogens is 206 g/mol. The summed E-state index contributed by atoms with van der Waals surface area (Å²) in [7, 11) is 0. The first-order valence-corrected chi connectivity index (χ1v) is 6.77. The van der Waals surface area contributed by atoms with Crippen LogP contribution in [0.2, 0.25) is 0 Å². The topological polar surface area (TPSA) is 3.24 Å². The third-order valence-electron chi connectivity index (χ3n) is 4.42. The maximum Gasteiger partial charge on any atom is 0.0591 e. The Balaban J connectivity index is 2.04. The van der Waals surface area contributed by atoms with Crippen LogP contribution >= 0.6 is 0 Å². The van der Waals surface area contributed by atoms with Gasteiger partial charge in [0, 0.05) is 11.7 Å². The summed E-state index contributed by atoms with van der Waals surface area (Å²) in [6, 6.07) is 9.33. The number of hydrogen-bond acceptors (Lipinski definition) is 1. The molecule has 0 amide bonds. The van der Waals surface area contributed by atoms with E-state index in [0.29, 0.717) is 11.6 Å². The van der Waals surface area contributed by atoms with Crippen molar-refractivity contribution in [1.29, 1.82) is 0 Å². The summed E-state index contributed by atoms with van der Waals surface area (Å²) in [6.07, 6.45) is 10.2. The molecular formula is C16H21N. The molecule has 1 saturated carbocycles. The van der Waals surface area contributed by atoms with Crippen LogP contribution in [0.15, 0.2) is 36.4 Å². The molecule has 1 unspecified atom stereocenters. The highest BCUT2D eigenvalue weighted by Crippen LogP contribution is 2.44. The van der Waals surface area contributed by atoms with Gasteiger partial charge in [-0.1, -0.05) is 43.2 Å². The minimum Gasteiger partial charge on any atom is -0.356 e. The van der Waals surface area contributed by atoms with Crippen molar-refractivity contribution in [3.63, 3.8) is 0 Å². The van der Waals surface area contributed by atoms with Gasteiger partial charge in [0.2, 0.25) is 0 Å². The lowest BCUT2D eigenvalue weighted by Gasteiger charge is -2.40. The highest BCUT2D eigenvalue weighted by molar-refractivity contribution is 5.60. The Labute approximate surface area is 104 Å². The van der Waals surface area contributed by atoms with Crippen molar-refractivity contribution in [3.8, 4) is 0 Å². The van der Waals surface area contributed by atoms with Crippen LogP contribution in [0.5, 0.6) is 0 Å². The molecule has 3 rings (SSSR count). The maximum absolute atomic E-state index is 2.65. The smallest absolute Gasteiger partial charge is 0.0591 e. The van der Waals surface area contributed by atoms with Gasteiger partial charge < -0.3 is 4.90 Å². The van der Waals surface area contributed by atoms with E-state index in [1.165, 1.54) is 36.9 Å². The van der Waals surface area contributed by atoms with E-state index >= 15 is 0 Å². The Morgan fingerprint density at radius 3 is 2.59 bits per heavy atom. The zero-order valence-corrected chi connectivity index (χ0v) is 10.8. The highest BCUT2D eigenvalue weighted by Gasteiger charge is 2.42. The lowest BCUT2D eigenvalue weighted by atomic mass is 9.95. The average molecular weight is 227 g/mol. The molecule has 1 atom stereocenters. The molecule has 1 heterocycles. The van der Waals surface area contributed by atoms with Gasteiger partial charge in [-0.15, -0.1) is 0 Å². The molecule has 90 valence electrons. The SMILES string of the molecule is Cc1ccccc1N1C(C)C=CC12CCCC2. The van der Waals surface area contributed by atoms with Gasteiger partial charge in [0.1, 0.15) is 0 Å². The molecule has 1 aromatic rings. The summed E-state index contributed by atoms with van der Waals surface area (Å²) in [6.45, 7) is 4.54. The van der Waals surface area contributed by atoms with Crippen molar-refractivity contribution in [2.75, 3.05) is 4.90 Å². The van der Waals surface area contributed by atoms with E-state index in [9.17, 15) is 0 Å².